The van der Waals surface area contributed by atoms with Crippen LogP contribution in [0.25, 0.3) is 0 Å². The summed E-state index contributed by atoms with van der Waals surface area (Å²) in [4.78, 5) is 10.5. The minimum atomic E-state index is 0.348. The van der Waals surface area contributed by atoms with Gasteiger partial charge in [-0.1, -0.05) is 0 Å². The lowest BCUT2D eigenvalue weighted by molar-refractivity contribution is 0.240. The van der Waals surface area contributed by atoms with Crippen LogP contribution in [-0.4, -0.2) is 54.1 Å². The third-order valence-corrected chi connectivity index (χ3v) is 2.93. The van der Waals surface area contributed by atoms with Crippen LogP contribution in [-0.2, 0) is 0 Å². The zero-order valence-electron chi connectivity index (χ0n) is 10.4. The van der Waals surface area contributed by atoms with E-state index in [9.17, 15) is 0 Å². The van der Waals surface area contributed by atoms with Crippen LogP contribution < -0.4 is 10.6 Å². The van der Waals surface area contributed by atoms with Gasteiger partial charge in [0.2, 0.25) is 0 Å². The van der Waals surface area contributed by atoms with E-state index < -0.39 is 0 Å². The summed E-state index contributed by atoms with van der Waals surface area (Å²) in [6.45, 7) is 6.44. The Morgan fingerprint density at radius 3 is 2.83 bits per heavy atom. The summed E-state index contributed by atoms with van der Waals surface area (Å²) in [6.07, 6.45) is 4.17. The lowest BCUT2D eigenvalue weighted by Gasteiger charge is -2.27. The number of anilines is 1. The van der Waals surface area contributed by atoms with E-state index in [4.69, 9.17) is 5.26 Å². The molecule has 96 valence electrons. The van der Waals surface area contributed by atoms with Crippen molar-refractivity contribution < 1.29 is 0 Å². The fraction of sp³-hybridized carbons (Fsp3) is 0.583. The van der Waals surface area contributed by atoms with Gasteiger partial charge in [-0.25, -0.2) is 9.97 Å². The number of nitrogens with one attached hydrogen (secondary N) is 2. The van der Waals surface area contributed by atoms with Gasteiger partial charge in [-0.05, 0) is 13.0 Å². The molecule has 1 aromatic heterocycles. The lowest BCUT2D eigenvalue weighted by Crippen LogP contribution is -2.44. The van der Waals surface area contributed by atoms with E-state index in [0.29, 0.717) is 5.69 Å². The molecule has 0 unspecified atom stereocenters. The van der Waals surface area contributed by atoms with Crippen LogP contribution in [0, 0.1) is 11.3 Å². The molecule has 1 aliphatic heterocycles. The normalized spacial score (nSPS) is 16.2. The summed E-state index contributed by atoms with van der Waals surface area (Å²) in [5.74, 6) is 0.731. The number of nitriles is 1. The van der Waals surface area contributed by atoms with E-state index in [1.54, 1.807) is 6.20 Å². The SMILES string of the molecule is N#Cc1cnc(NCCCN2CCNCC2)cn1. The quantitative estimate of drug-likeness (QED) is 0.715. The highest BCUT2D eigenvalue weighted by molar-refractivity contribution is 5.32. The Morgan fingerprint density at radius 2 is 2.17 bits per heavy atom. The van der Waals surface area contributed by atoms with Crippen LogP contribution in [0.15, 0.2) is 12.4 Å². The topological polar surface area (TPSA) is 76.9 Å². The second kappa shape index (κ2) is 6.89. The number of piperazine rings is 1. The van der Waals surface area contributed by atoms with Gasteiger partial charge in [0.05, 0.1) is 12.4 Å². The van der Waals surface area contributed by atoms with Crippen molar-refractivity contribution in [3.8, 4) is 6.07 Å². The van der Waals surface area contributed by atoms with Crippen molar-refractivity contribution in [1.82, 2.24) is 20.2 Å². The van der Waals surface area contributed by atoms with Crippen LogP contribution in [0.2, 0.25) is 0 Å². The van der Waals surface area contributed by atoms with Gasteiger partial charge in [0.1, 0.15) is 11.9 Å². The fourth-order valence-corrected chi connectivity index (χ4v) is 1.93. The maximum Gasteiger partial charge on any atom is 0.158 e. The highest BCUT2D eigenvalue weighted by Gasteiger charge is 2.08. The van der Waals surface area contributed by atoms with E-state index in [1.165, 1.54) is 6.20 Å². The zero-order chi connectivity index (χ0) is 12.6. The van der Waals surface area contributed by atoms with Crippen molar-refractivity contribution in [2.45, 2.75) is 6.42 Å². The predicted octanol–water partition coefficient (Wildman–Crippen LogP) is 0.0555. The third kappa shape index (κ3) is 3.95. The summed E-state index contributed by atoms with van der Waals surface area (Å²) in [7, 11) is 0. The first kappa shape index (κ1) is 12.7. The second-order valence-corrected chi connectivity index (χ2v) is 4.27. The molecule has 0 radical (unpaired) electrons. The molecule has 0 saturated carbocycles. The molecule has 6 nitrogen and oxygen atoms in total. The van der Waals surface area contributed by atoms with E-state index in [2.05, 4.69) is 25.5 Å². The molecule has 2 heterocycles. The molecule has 1 saturated heterocycles. The molecule has 0 spiro atoms. The van der Waals surface area contributed by atoms with Crippen molar-refractivity contribution in [2.24, 2.45) is 0 Å². The Hall–Kier alpha value is -1.71. The second-order valence-electron chi connectivity index (χ2n) is 4.27. The average Bonchev–Trinajstić information content (AvgIpc) is 2.45. The van der Waals surface area contributed by atoms with Gasteiger partial charge in [0.15, 0.2) is 5.69 Å². The molecule has 1 aliphatic rings. The van der Waals surface area contributed by atoms with Gasteiger partial charge in [0.25, 0.3) is 0 Å². The third-order valence-electron chi connectivity index (χ3n) is 2.93. The van der Waals surface area contributed by atoms with Crippen LogP contribution >= 0.6 is 0 Å². The molecule has 1 aromatic rings. The van der Waals surface area contributed by atoms with E-state index >= 15 is 0 Å². The predicted molar refractivity (Wildman–Crippen MR) is 69.2 cm³/mol. The molecule has 0 aromatic carbocycles. The Bertz CT molecular complexity index is 390. The van der Waals surface area contributed by atoms with Gasteiger partial charge in [-0.15, -0.1) is 0 Å². The standard InChI is InChI=1S/C12H18N6/c13-8-11-9-17-12(10-16-11)15-2-1-5-18-6-3-14-4-7-18/h9-10,14H,1-7H2,(H,15,17). The van der Waals surface area contributed by atoms with Gasteiger partial charge < -0.3 is 15.5 Å². The van der Waals surface area contributed by atoms with Gasteiger partial charge in [0, 0.05) is 32.7 Å². The lowest BCUT2D eigenvalue weighted by atomic mass is 10.3. The Labute approximate surface area is 107 Å². The van der Waals surface area contributed by atoms with Crippen molar-refractivity contribution >= 4 is 5.82 Å². The maximum atomic E-state index is 8.60. The molecule has 0 aliphatic carbocycles. The van der Waals surface area contributed by atoms with Gasteiger partial charge in [-0.3, -0.25) is 0 Å². The van der Waals surface area contributed by atoms with Crippen LogP contribution in [0.1, 0.15) is 12.1 Å². The number of nitrogens with zero attached hydrogens (tertiary/aromatic N) is 4. The minimum Gasteiger partial charge on any atom is -0.369 e. The molecule has 2 N–H and O–H groups in total. The largest absolute Gasteiger partial charge is 0.369 e. The van der Waals surface area contributed by atoms with Gasteiger partial charge in [-0.2, -0.15) is 5.26 Å². The van der Waals surface area contributed by atoms with Crippen molar-refractivity contribution in [2.75, 3.05) is 44.6 Å². The average molecular weight is 246 g/mol. The van der Waals surface area contributed by atoms with E-state index in [-0.39, 0.29) is 0 Å². The van der Waals surface area contributed by atoms with Crippen molar-refractivity contribution in [3.63, 3.8) is 0 Å². The highest BCUT2D eigenvalue weighted by Crippen LogP contribution is 2.01. The van der Waals surface area contributed by atoms with Crippen LogP contribution in [0.3, 0.4) is 0 Å². The summed E-state index contributed by atoms with van der Waals surface area (Å²) in [6, 6.07) is 1.95. The fourth-order valence-electron chi connectivity index (χ4n) is 1.93. The Kier molecular flexibility index (Phi) is 4.88. The summed E-state index contributed by atoms with van der Waals surface area (Å²) >= 11 is 0. The maximum absolute atomic E-state index is 8.60. The first-order valence-corrected chi connectivity index (χ1v) is 6.27. The van der Waals surface area contributed by atoms with E-state index in [1.807, 2.05) is 6.07 Å². The molecule has 2 rings (SSSR count). The zero-order valence-corrected chi connectivity index (χ0v) is 10.4. The summed E-state index contributed by atoms with van der Waals surface area (Å²) in [5.41, 5.74) is 0.348. The van der Waals surface area contributed by atoms with Gasteiger partial charge >= 0.3 is 0 Å². The molecule has 0 amide bonds. The Balaban J connectivity index is 1.63. The molecule has 0 bridgehead atoms. The molecule has 18 heavy (non-hydrogen) atoms. The Morgan fingerprint density at radius 1 is 1.33 bits per heavy atom. The molecular weight excluding hydrogens is 228 g/mol. The molecule has 0 atom stereocenters. The number of rotatable bonds is 5. The van der Waals surface area contributed by atoms with Crippen LogP contribution in [0.4, 0.5) is 5.82 Å². The summed E-state index contributed by atoms with van der Waals surface area (Å²) < 4.78 is 0. The first-order chi connectivity index (χ1) is 8.88. The number of hydrogen-bond donors (Lipinski definition) is 2. The smallest absolute Gasteiger partial charge is 0.158 e. The van der Waals surface area contributed by atoms with E-state index in [0.717, 1.165) is 51.5 Å². The highest BCUT2D eigenvalue weighted by atomic mass is 15.2. The summed E-state index contributed by atoms with van der Waals surface area (Å²) in [5, 5.41) is 15.2. The molecular formula is C12H18N6. The van der Waals surface area contributed by atoms with Crippen molar-refractivity contribution in [3.05, 3.63) is 18.1 Å². The first-order valence-electron chi connectivity index (χ1n) is 6.27. The minimum absolute atomic E-state index is 0.348. The molecule has 6 heteroatoms. The van der Waals surface area contributed by atoms with Crippen molar-refractivity contribution in [1.29, 1.82) is 5.26 Å². The molecule has 1 fully saturated rings. The van der Waals surface area contributed by atoms with Crippen LogP contribution in [0.5, 0.6) is 0 Å². The number of aromatic nitrogens is 2. The number of hydrogen-bond acceptors (Lipinski definition) is 6. The monoisotopic (exact) mass is 246 g/mol.